The van der Waals surface area contributed by atoms with Crippen molar-refractivity contribution in [1.82, 2.24) is 5.01 Å². The van der Waals surface area contributed by atoms with Crippen LogP contribution in [-0.2, 0) is 0 Å². The van der Waals surface area contributed by atoms with Crippen molar-refractivity contribution in [2.75, 3.05) is 14.1 Å². The van der Waals surface area contributed by atoms with Crippen LogP contribution in [0.1, 0.15) is 5.76 Å². The van der Waals surface area contributed by atoms with Gasteiger partial charge in [-0.3, -0.25) is 0 Å². The highest BCUT2D eigenvalue weighted by Gasteiger charge is 2.02. The molecular formula is C11H12N2O2. The first-order valence-electron chi connectivity index (χ1n) is 4.59. The molecule has 1 aromatic heterocycles. The van der Waals surface area contributed by atoms with Gasteiger partial charge in [0.15, 0.2) is 0 Å². The summed E-state index contributed by atoms with van der Waals surface area (Å²) in [5.41, 5.74) is 0.744. The fraction of sp³-hybridized carbons (Fsp3) is 0.182. The van der Waals surface area contributed by atoms with Gasteiger partial charge in [-0.2, -0.15) is 5.10 Å². The van der Waals surface area contributed by atoms with Gasteiger partial charge in [0.25, 0.3) is 0 Å². The van der Waals surface area contributed by atoms with E-state index in [1.807, 2.05) is 20.2 Å². The van der Waals surface area contributed by atoms with E-state index in [1.54, 1.807) is 29.4 Å². The molecule has 0 aliphatic rings. The minimum atomic E-state index is 0.236. The molecule has 0 aliphatic carbocycles. The van der Waals surface area contributed by atoms with Crippen LogP contribution in [0.4, 0.5) is 0 Å². The zero-order valence-electron chi connectivity index (χ0n) is 8.64. The van der Waals surface area contributed by atoms with Crippen LogP contribution < -0.4 is 0 Å². The van der Waals surface area contributed by atoms with Gasteiger partial charge in [-0.05, 0) is 24.3 Å². The second-order valence-corrected chi connectivity index (χ2v) is 3.46. The summed E-state index contributed by atoms with van der Waals surface area (Å²) in [6.07, 6.45) is 1.64. The zero-order valence-corrected chi connectivity index (χ0v) is 8.64. The minimum absolute atomic E-state index is 0.236. The van der Waals surface area contributed by atoms with Crippen molar-refractivity contribution in [3.05, 3.63) is 30.0 Å². The van der Waals surface area contributed by atoms with E-state index < -0.39 is 0 Å². The summed E-state index contributed by atoms with van der Waals surface area (Å²) < 4.78 is 5.49. The van der Waals surface area contributed by atoms with E-state index in [0.717, 1.165) is 11.0 Å². The number of phenolic OH excluding ortho intramolecular Hbond substituents is 1. The van der Waals surface area contributed by atoms with E-state index in [1.165, 1.54) is 0 Å². The molecule has 2 aromatic rings. The molecule has 0 atom stereocenters. The van der Waals surface area contributed by atoms with Crippen LogP contribution in [0.3, 0.4) is 0 Å². The number of hydrazone groups is 1. The first-order valence-corrected chi connectivity index (χ1v) is 4.59. The summed E-state index contributed by atoms with van der Waals surface area (Å²) in [7, 11) is 3.68. The highest BCUT2D eigenvalue weighted by Crippen LogP contribution is 2.22. The summed E-state index contributed by atoms with van der Waals surface area (Å²) in [6, 6.07) is 6.82. The van der Waals surface area contributed by atoms with Gasteiger partial charge in [-0.1, -0.05) is 0 Å². The third kappa shape index (κ3) is 2.10. The molecular weight excluding hydrogens is 192 g/mol. The molecule has 0 saturated heterocycles. The van der Waals surface area contributed by atoms with E-state index in [4.69, 9.17) is 4.42 Å². The Kier molecular flexibility index (Phi) is 2.33. The zero-order chi connectivity index (χ0) is 10.8. The summed E-state index contributed by atoms with van der Waals surface area (Å²) in [5.74, 6) is 0.906. The highest BCUT2D eigenvalue weighted by atomic mass is 16.3. The van der Waals surface area contributed by atoms with E-state index in [-0.39, 0.29) is 5.75 Å². The lowest BCUT2D eigenvalue weighted by Gasteiger charge is -2.00. The third-order valence-corrected chi connectivity index (χ3v) is 1.93. The maximum absolute atomic E-state index is 9.27. The Bertz CT molecular complexity index is 500. The number of aromatic hydroxyl groups is 1. The van der Waals surface area contributed by atoms with Crippen LogP contribution in [0.5, 0.6) is 5.75 Å². The lowest BCUT2D eigenvalue weighted by Crippen LogP contribution is -2.01. The van der Waals surface area contributed by atoms with Crippen molar-refractivity contribution >= 4 is 17.2 Å². The molecule has 0 unspecified atom stereocenters. The minimum Gasteiger partial charge on any atom is -0.508 e. The summed E-state index contributed by atoms with van der Waals surface area (Å²) >= 11 is 0. The Morgan fingerprint density at radius 2 is 2.13 bits per heavy atom. The van der Waals surface area contributed by atoms with Crippen LogP contribution in [0.25, 0.3) is 11.0 Å². The second-order valence-electron chi connectivity index (χ2n) is 3.46. The van der Waals surface area contributed by atoms with Gasteiger partial charge in [0.2, 0.25) is 0 Å². The van der Waals surface area contributed by atoms with Gasteiger partial charge < -0.3 is 14.5 Å². The molecule has 0 amide bonds. The molecule has 4 nitrogen and oxygen atoms in total. The predicted octanol–water partition coefficient (Wildman–Crippen LogP) is 2.03. The topological polar surface area (TPSA) is 49.0 Å². The Labute approximate surface area is 87.4 Å². The fourth-order valence-electron chi connectivity index (χ4n) is 1.29. The van der Waals surface area contributed by atoms with Gasteiger partial charge >= 0.3 is 0 Å². The molecule has 0 radical (unpaired) electrons. The first-order chi connectivity index (χ1) is 7.15. The van der Waals surface area contributed by atoms with Gasteiger partial charge in [0.05, 0.1) is 6.21 Å². The number of hydrogen-bond donors (Lipinski definition) is 1. The Morgan fingerprint density at radius 3 is 2.87 bits per heavy atom. The first kappa shape index (κ1) is 9.58. The van der Waals surface area contributed by atoms with Crippen LogP contribution in [-0.4, -0.2) is 30.4 Å². The summed E-state index contributed by atoms with van der Waals surface area (Å²) in [6.45, 7) is 0. The smallest absolute Gasteiger partial charge is 0.148 e. The molecule has 0 spiro atoms. The van der Waals surface area contributed by atoms with Crippen molar-refractivity contribution in [1.29, 1.82) is 0 Å². The predicted molar refractivity (Wildman–Crippen MR) is 59.2 cm³/mol. The molecule has 15 heavy (non-hydrogen) atoms. The largest absolute Gasteiger partial charge is 0.508 e. The number of benzene rings is 1. The number of furan rings is 1. The number of hydrogen-bond acceptors (Lipinski definition) is 4. The molecule has 78 valence electrons. The number of phenols is 1. The van der Waals surface area contributed by atoms with Gasteiger partial charge in [-0.15, -0.1) is 0 Å². The fourth-order valence-corrected chi connectivity index (χ4v) is 1.29. The van der Waals surface area contributed by atoms with Crippen molar-refractivity contribution in [2.45, 2.75) is 0 Å². The SMILES string of the molecule is CN(C)/N=C/c1cc2cc(O)ccc2o1. The standard InChI is InChI=1S/C11H12N2O2/c1-13(2)12-7-10-6-8-5-9(14)3-4-11(8)15-10/h3-7,14H,1-2H3/b12-7+. The average molecular weight is 204 g/mol. The number of rotatable bonds is 2. The summed E-state index contributed by atoms with van der Waals surface area (Å²) in [5, 5.41) is 15.9. The molecule has 0 fully saturated rings. The Morgan fingerprint density at radius 1 is 1.33 bits per heavy atom. The highest BCUT2D eigenvalue weighted by molar-refractivity contribution is 5.87. The quantitative estimate of drug-likeness (QED) is 0.601. The van der Waals surface area contributed by atoms with E-state index in [9.17, 15) is 5.11 Å². The molecule has 4 heteroatoms. The maximum Gasteiger partial charge on any atom is 0.148 e. The maximum atomic E-state index is 9.27. The normalized spacial score (nSPS) is 11.3. The lowest BCUT2D eigenvalue weighted by atomic mass is 10.2. The van der Waals surface area contributed by atoms with Crippen LogP contribution in [0, 0.1) is 0 Å². The second kappa shape index (κ2) is 3.65. The lowest BCUT2D eigenvalue weighted by molar-refractivity contribution is 0.438. The van der Waals surface area contributed by atoms with Crippen LogP contribution in [0.2, 0.25) is 0 Å². The van der Waals surface area contributed by atoms with E-state index >= 15 is 0 Å². The monoisotopic (exact) mass is 204 g/mol. The molecule has 1 aromatic carbocycles. The third-order valence-electron chi connectivity index (χ3n) is 1.93. The van der Waals surface area contributed by atoms with Gasteiger partial charge in [0, 0.05) is 19.5 Å². The molecule has 0 aliphatic heterocycles. The van der Waals surface area contributed by atoms with Crippen LogP contribution >= 0.6 is 0 Å². The number of fused-ring (bicyclic) bond motifs is 1. The van der Waals surface area contributed by atoms with Gasteiger partial charge in [-0.25, -0.2) is 0 Å². The van der Waals surface area contributed by atoms with Crippen molar-refractivity contribution in [3.8, 4) is 5.75 Å². The van der Waals surface area contributed by atoms with E-state index in [2.05, 4.69) is 5.10 Å². The molecule has 1 N–H and O–H groups in total. The van der Waals surface area contributed by atoms with Gasteiger partial charge in [0.1, 0.15) is 17.1 Å². The van der Waals surface area contributed by atoms with E-state index in [0.29, 0.717) is 5.76 Å². The Balaban J connectivity index is 2.39. The van der Waals surface area contributed by atoms with Crippen molar-refractivity contribution < 1.29 is 9.52 Å². The average Bonchev–Trinajstić information content (AvgIpc) is 2.56. The van der Waals surface area contributed by atoms with Crippen molar-refractivity contribution in [2.24, 2.45) is 5.10 Å². The molecule has 2 rings (SSSR count). The Hall–Kier alpha value is -1.97. The molecule has 0 saturated carbocycles. The van der Waals surface area contributed by atoms with Crippen molar-refractivity contribution in [3.63, 3.8) is 0 Å². The van der Waals surface area contributed by atoms with Crippen LogP contribution in [0.15, 0.2) is 33.8 Å². The number of nitrogens with zero attached hydrogens (tertiary/aromatic N) is 2. The molecule has 1 heterocycles. The molecule has 0 bridgehead atoms. The summed E-state index contributed by atoms with van der Waals surface area (Å²) in [4.78, 5) is 0.